The highest BCUT2D eigenvalue weighted by Gasteiger charge is 2.48. The molecule has 0 amide bonds. The highest BCUT2D eigenvalue weighted by molar-refractivity contribution is 5.02. The maximum atomic E-state index is 2.68. The molecule has 0 aromatic rings. The lowest BCUT2D eigenvalue weighted by molar-refractivity contribution is -0.0991. The van der Waals surface area contributed by atoms with Crippen LogP contribution in [0.25, 0.3) is 0 Å². The van der Waals surface area contributed by atoms with Gasteiger partial charge in [0.2, 0.25) is 0 Å². The van der Waals surface area contributed by atoms with Gasteiger partial charge in [0.15, 0.2) is 0 Å². The van der Waals surface area contributed by atoms with Crippen LogP contribution in [0.2, 0.25) is 0 Å². The third kappa shape index (κ3) is 0.454. The van der Waals surface area contributed by atoms with Crippen molar-refractivity contribution in [2.75, 3.05) is 13.1 Å². The van der Waals surface area contributed by atoms with E-state index in [1.54, 1.807) is 6.42 Å². The first-order chi connectivity index (χ1) is 4.43. The standard InChI is InChI=1S/C8H13N/c1-2-8-7-3-6(1)4-9(8)5-7/h6-8H,1-5H2/t6-,7+,8+/m1/s1. The molecule has 4 saturated heterocycles. The van der Waals surface area contributed by atoms with Gasteiger partial charge < -0.3 is 0 Å². The van der Waals surface area contributed by atoms with Crippen molar-refractivity contribution in [2.24, 2.45) is 11.8 Å². The minimum atomic E-state index is 1.05. The van der Waals surface area contributed by atoms with Crippen molar-refractivity contribution in [3.05, 3.63) is 0 Å². The molecule has 4 heterocycles. The normalized spacial score (nSPS) is 61.3. The Balaban J connectivity index is 1.93. The van der Waals surface area contributed by atoms with Gasteiger partial charge in [0.1, 0.15) is 0 Å². The Labute approximate surface area is 56.0 Å². The molecule has 0 aromatic heterocycles. The summed E-state index contributed by atoms with van der Waals surface area (Å²) in [5.41, 5.74) is 0. The van der Waals surface area contributed by atoms with Gasteiger partial charge in [-0.2, -0.15) is 0 Å². The molecule has 1 aliphatic carbocycles. The summed E-state index contributed by atoms with van der Waals surface area (Å²) in [4.78, 5) is 2.68. The third-order valence-corrected chi connectivity index (χ3v) is 3.48. The molecule has 4 bridgehead atoms. The average Bonchev–Trinajstić information content (AvgIpc) is 1.88. The number of hydrogen-bond acceptors (Lipinski definition) is 1. The summed E-state index contributed by atoms with van der Waals surface area (Å²) >= 11 is 0. The molecule has 0 aromatic carbocycles. The van der Waals surface area contributed by atoms with E-state index >= 15 is 0 Å². The Kier molecular flexibility index (Phi) is 0.704. The Hall–Kier alpha value is -0.0400. The van der Waals surface area contributed by atoms with Crippen LogP contribution in [0.4, 0.5) is 0 Å². The number of fused-ring (bicyclic) bond motifs is 1. The summed E-state index contributed by atoms with van der Waals surface area (Å²) < 4.78 is 0. The number of rotatable bonds is 0. The molecule has 0 spiro atoms. The monoisotopic (exact) mass is 123 g/mol. The van der Waals surface area contributed by atoms with E-state index in [9.17, 15) is 0 Å². The molecular formula is C8H13N. The molecule has 1 unspecified atom stereocenters. The fraction of sp³-hybridized carbons (Fsp3) is 1.00. The van der Waals surface area contributed by atoms with Gasteiger partial charge in [-0.1, -0.05) is 0 Å². The summed E-state index contributed by atoms with van der Waals surface area (Å²) in [6.07, 6.45) is 4.63. The topological polar surface area (TPSA) is 3.24 Å². The summed E-state index contributed by atoms with van der Waals surface area (Å²) in [6.45, 7) is 2.89. The first kappa shape index (κ1) is 4.73. The minimum absolute atomic E-state index is 1.05. The predicted molar refractivity (Wildman–Crippen MR) is 36.2 cm³/mol. The Morgan fingerprint density at radius 3 is 2.44 bits per heavy atom. The van der Waals surface area contributed by atoms with Crippen LogP contribution in [0.3, 0.4) is 0 Å². The molecule has 50 valence electrons. The summed E-state index contributed by atoms with van der Waals surface area (Å²) in [6, 6.07) is 1.05. The van der Waals surface area contributed by atoms with Gasteiger partial charge in [-0.25, -0.2) is 0 Å². The van der Waals surface area contributed by atoms with Crippen molar-refractivity contribution in [1.82, 2.24) is 4.90 Å². The van der Waals surface area contributed by atoms with E-state index in [2.05, 4.69) is 4.90 Å². The average molecular weight is 123 g/mol. The van der Waals surface area contributed by atoms with Crippen LogP contribution in [0.1, 0.15) is 19.3 Å². The van der Waals surface area contributed by atoms with Crippen molar-refractivity contribution in [3.8, 4) is 0 Å². The van der Waals surface area contributed by atoms with Crippen molar-refractivity contribution >= 4 is 0 Å². The molecule has 5 aliphatic rings. The second-order valence-corrected chi connectivity index (χ2v) is 3.96. The first-order valence-electron chi connectivity index (χ1n) is 4.17. The van der Waals surface area contributed by atoms with Gasteiger partial charge in [-0.15, -0.1) is 0 Å². The van der Waals surface area contributed by atoms with Crippen molar-refractivity contribution in [3.63, 3.8) is 0 Å². The zero-order valence-electron chi connectivity index (χ0n) is 5.71. The van der Waals surface area contributed by atoms with Crippen LogP contribution < -0.4 is 0 Å². The SMILES string of the molecule is C1C[C@H]2[C@H]3C[C@@H]1CN2C3. The summed E-state index contributed by atoms with van der Waals surface area (Å²) in [5, 5.41) is 0. The van der Waals surface area contributed by atoms with E-state index in [0.717, 1.165) is 17.9 Å². The highest BCUT2D eigenvalue weighted by Crippen LogP contribution is 2.46. The molecule has 4 aliphatic heterocycles. The van der Waals surface area contributed by atoms with Crippen LogP contribution >= 0.6 is 0 Å². The zero-order valence-corrected chi connectivity index (χ0v) is 5.71. The lowest BCUT2D eigenvalue weighted by Crippen LogP contribution is -2.65. The van der Waals surface area contributed by atoms with Gasteiger partial charge in [0.05, 0.1) is 0 Å². The summed E-state index contributed by atoms with van der Waals surface area (Å²) in [5.74, 6) is 2.24. The molecule has 5 rings (SSSR count). The fourth-order valence-electron chi connectivity index (χ4n) is 3.03. The maximum Gasteiger partial charge on any atom is 0.0136 e. The molecule has 1 saturated carbocycles. The molecule has 0 radical (unpaired) electrons. The molecular weight excluding hydrogens is 110 g/mol. The summed E-state index contributed by atoms with van der Waals surface area (Å²) in [7, 11) is 0. The van der Waals surface area contributed by atoms with Gasteiger partial charge >= 0.3 is 0 Å². The number of piperidine rings is 3. The molecule has 1 heteroatoms. The van der Waals surface area contributed by atoms with Crippen LogP contribution in [0, 0.1) is 11.8 Å². The van der Waals surface area contributed by atoms with Crippen molar-refractivity contribution < 1.29 is 0 Å². The highest BCUT2D eigenvalue weighted by atomic mass is 15.3. The fourth-order valence-corrected chi connectivity index (χ4v) is 3.03. The van der Waals surface area contributed by atoms with E-state index in [4.69, 9.17) is 0 Å². The lowest BCUT2D eigenvalue weighted by atomic mass is 9.66. The second kappa shape index (κ2) is 1.34. The minimum Gasteiger partial charge on any atom is -0.299 e. The lowest BCUT2D eigenvalue weighted by Gasteiger charge is -2.59. The largest absolute Gasteiger partial charge is 0.299 e. The van der Waals surface area contributed by atoms with Crippen molar-refractivity contribution in [1.29, 1.82) is 0 Å². The van der Waals surface area contributed by atoms with Crippen molar-refractivity contribution in [2.45, 2.75) is 25.3 Å². The zero-order chi connectivity index (χ0) is 5.84. The Morgan fingerprint density at radius 1 is 1.11 bits per heavy atom. The predicted octanol–water partition coefficient (Wildman–Crippen LogP) is 1.10. The number of hydrogen-bond donors (Lipinski definition) is 0. The smallest absolute Gasteiger partial charge is 0.0136 e. The maximum absolute atomic E-state index is 2.68. The van der Waals surface area contributed by atoms with Crippen LogP contribution in [0.15, 0.2) is 0 Å². The van der Waals surface area contributed by atoms with Gasteiger partial charge in [0.25, 0.3) is 0 Å². The molecule has 4 atom stereocenters. The Bertz CT molecular complexity index is 128. The van der Waals surface area contributed by atoms with E-state index < -0.39 is 0 Å². The third-order valence-electron chi connectivity index (χ3n) is 3.48. The molecule has 9 heavy (non-hydrogen) atoms. The molecule has 0 N–H and O–H groups in total. The van der Waals surface area contributed by atoms with Gasteiger partial charge in [0, 0.05) is 19.1 Å². The van der Waals surface area contributed by atoms with Crippen LogP contribution in [0.5, 0.6) is 0 Å². The van der Waals surface area contributed by atoms with E-state index in [1.807, 2.05) is 0 Å². The van der Waals surface area contributed by atoms with Crippen LogP contribution in [-0.4, -0.2) is 24.0 Å². The molecule has 1 nitrogen and oxygen atoms in total. The van der Waals surface area contributed by atoms with E-state index in [-0.39, 0.29) is 0 Å². The first-order valence-corrected chi connectivity index (χ1v) is 4.17. The van der Waals surface area contributed by atoms with Gasteiger partial charge in [-0.05, 0) is 31.1 Å². The van der Waals surface area contributed by atoms with E-state index in [1.165, 1.54) is 25.9 Å². The number of nitrogens with zero attached hydrogens (tertiary/aromatic N) is 1. The second-order valence-electron chi connectivity index (χ2n) is 3.96. The van der Waals surface area contributed by atoms with Gasteiger partial charge in [-0.3, -0.25) is 4.90 Å². The van der Waals surface area contributed by atoms with Crippen LogP contribution in [-0.2, 0) is 0 Å². The molecule has 5 fully saturated rings. The quantitative estimate of drug-likeness (QED) is 0.466. The Morgan fingerprint density at radius 2 is 2.11 bits per heavy atom. The van der Waals surface area contributed by atoms with E-state index in [0.29, 0.717) is 0 Å².